The van der Waals surface area contributed by atoms with E-state index in [1.807, 2.05) is 6.92 Å². The van der Waals surface area contributed by atoms with Crippen LogP contribution in [0, 0.1) is 0 Å². The third-order valence-corrected chi connectivity index (χ3v) is 3.93. The molecule has 8 nitrogen and oxygen atoms in total. The molecule has 0 aromatic heterocycles. The van der Waals surface area contributed by atoms with Crippen LogP contribution in [0.25, 0.3) is 0 Å². The van der Waals surface area contributed by atoms with Crippen LogP contribution in [0.2, 0.25) is 0 Å². The summed E-state index contributed by atoms with van der Waals surface area (Å²) in [6.07, 6.45) is 0.250. The monoisotopic (exact) mass is 351 g/mol. The van der Waals surface area contributed by atoms with Gasteiger partial charge < -0.3 is 29.7 Å². The zero-order valence-electron chi connectivity index (χ0n) is 15.0. The van der Waals surface area contributed by atoms with Crippen molar-refractivity contribution < 1.29 is 23.8 Å². The summed E-state index contributed by atoms with van der Waals surface area (Å²) in [5, 5.41) is 5.59. The minimum atomic E-state index is -0.309. The van der Waals surface area contributed by atoms with Crippen LogP contribution in [0.4, 0.5) is 10.5 Å². The fraction of sp³-hybridized carbons (Fsp3) is 0.529. The molecule has 0 unspecified atom stereocenters. The Morgan fingerprint density at radius 1 is 1.28 bits per heavy atom. The molecular formula is C17H25N3O5. The van der Waals surface area contributed by atoms with E-state index < -0.39 is 0 Å². The van der Waals surface area contributed by atoms with Crippen molar-refractivity contribution in [2.45, 2.75) is 25.4 Å². The highest BCUT2D eigenvalue weighted by Gasteiger charge is 2.32. The molecule has 8 heteroatoms. The predicted octanol–water partition coefficient (Wildman–Crippen LogP) is 1.14. The number of ether oxygens (including phenoxy) is 3. The highest BCUT2D eigenvalue weighted by Crippen LogP contribution is 2.33. The minimum absolute atomic E-state index is 0.0533. The van der Waals surface area contributed by atoms with Crippen molar-refractivity contribution in [2.75, 3.05) is 39.4 Å². The van der Waals surface area contributed by atoms with E-state index in [-0.39, 0.29) is 30.4 Å². The van der Waals surface area contributed by atoms with E-state index in [4.69, 9.17) is 14.2 Å². The number of carbonyl (C=O) groups is 2. The second kappa shape index (κ2) is 8.57. The predicted molar refractivity (Wildman–Crippen MR) is 93.3 cm³/mol. The van der Waals surface area contributed by atoms with Gasteiger partial charge in [-0.15, -0.1) is 0 Å². The Bertz CT molecular complexity index is 622. The van der Waals surface area contributed by atoms with E-state index >= 15 is 0 Å². The maximum absolute atomic E-state index is 12.3. The molecule has 2 atom stereocenters. The quantitative estimate of drug-likeness (QED) is 0.769. The van der Waals surface area contributed by atoms with Crippen molar-refractivity contribution in [2.24, 2.45) is 0 Å². The van der Waals surface area contributed by atoms with Gasteiger partial charge in [0.2, 0.25) is 5.91 Å². The number of nitrogens with one attached hydrogen (secondary N) is 2. The molecule has 0 bridgehead atoms. The van der Waals surface area contributed by atoms with Crippen molar-refractivity contribution in [1.29, 1.82) is 0 Å². The molecular weight excluding hydrogens is 326 g/mol. The molecule has 0 saturated carbocycles. The van der Waals surface area contributed by atoms with Crippen LogP contribution < -0.4 is 25.0 Å². The summed E-state index contributed by atoms with van der Waals surface area (Å²) in [6.45, 7) is 2.67. The molecule has 1 heterocycles. The van der Waals surface area contributed by atoms with E-state index in [0.717, 1.165) is 0 Å². The zero-order chi connectivity index (χ0) is 18.4. The van der Waals surface area contributed by atoms with Gasteiger partial charge in [0.05, 0.1) is 32.9 Å². The maximum Gasteiger partial charge on any atom is 0.315 e. The molecule has 0 spiro atoms. The van der Waals surface area contributed by atoms with Crippen molar-refractivity contribution in [1.82, 2.24) is 10.6 Å². The Morgan fingerprint density at radius 3 is 2.64 bits per heavy atom. The largest absolute Gasteiger partial charge is 0.493 e. The highest BCUT2D eigenvalue weighted by atomic mass is 16.5. The van der Waals surface area contributed by atoms with Crippen LogP contribution in [-0.2, 0) is 9.53 Å². The molecule has 0 aliphatic carbocycles. The summed E-state index contributed by atoms with van der Waals surface area (Å²) in [6, 6.07) is 4.62. The summed E-state index contributed by atoms with van der Waals surface area (Å²) in [5.74, 6) is 1.09. The second-order valence-electron chi connectivity index (χ2n) is 5.92. The third-order valence-electron chi connectivity index (χ3n) is 3.93. The molecule has 3 amide bonds. The number of amides is 3. The number of nitrogens with zero attached hydrogens (tertiary/aromatic N) is 1. The van der Waals surface area contributed by atoms with Gasteiger partial charge in [-0.1, -0.05) is 0 Å². The van der Waals surface area contributed by atoms with Gasteiger partial charge in [0, 0.05) is 31.8 Å². The Balaban J connectivity index is 1.99. The van der Waals surface area contributed by atoms with Gasteiger partial charge in [-0.05, 0) is 19.1 Å². The van der Waals surface area contributed by atoms with Crippen molar-refractivity contribution in [3.05, 3.63) is 18.2 Å². The fourth-order valence-corrected chi connectivity index (χ4v) is 2.79. The number of benzene rings is 1. The number of methoxy groups -OCH3 is 3. The Labute approximate surface area is 147 Å². The smallest absolute Gasteiger partial charge is 0.315 e. The second-order valence-corrected chi connectivity index (χ2v) is 5.92. The Hall–Kier alpha value is -2.48. The first-order valence-electron chi connectivity index (χ1n) is 8.06. The SMILES string of the molecule is COC[C@@H](C)NC(=O)N[C@H]1CC(=O)N(c2ccc(OC)c(OC)c2)C1. The summed E-state index contributed by atoms with van der Waals surface area (Å²) in [4.78, 5) is 25.9. The lowest BCUT2D eigenvalue weighted by atomic mass is 10.2. The molecule has 1 aromatic carbocycles. The lowest BCUT2D eigenvalue weighted by Crippen LogP contribution is -2.47. The van der Waals surface area contributed by atoms with Crippen molar-refractivity contribution >= 4 is 17.6 Å². The average Bonchev–Trinajstić information content (AvgIpc) is 2.94. The molecule has 25 heavy (non-hydrogen) atoms. The first kappa shape index (κ1) is 18.9. The third kappa shape index (κ3) is 4.76. The molecule has 1 aromatic rings. The van der Waals surface area contributed by atoms with E-state index in [0.29, 0.717) is 30.3 Å². The molecule has 138 valence electrons. The molecule has 2 rings (SSSR count). The standard InChI is InChI=1S/C17H25N3O5/c1-11(10-23-2)18-17(22)19-12-7-16(21)20(9-12)13-5-6-14(24-3)15(8-13)25-4/h5-6,8,11-12H,7,9-10H2,1-4H3,(H2,18,19,22)/t11-,12+/m1/s1. The van der Waals surface area contributed by atoms with Crippen LogP contribution in [0.5, 0.6) is 11.5 Å². The van der Waals surface area contributed by atoms with Crippen LogP contribution >= 0.6 is 0 Å². The number of carbonyl (C=O) groups excluding carboxylic acids is 2. The molecule has 2 N–H and O–H groups in total. The van der Waals surface area contributed by atoms with Gasteiger partial charge in [0.25, 0.3) is 0 Å². The van der Waals surface area contributed by atoms with Crippen LogP contribution in [0.1, 0.15) is 13.3 Å². The van der Waals surface area contributed by atoms with Crippen LogP contribution in [0.15, 0.2) is 18.2 Å². The van der Waals surface area contributed by atoms with Gasteiger partial charge in [-0.2, -0.15) is 0 Å². The molecule has 1 saturated heterocycles. The number of hydrogen-bond donors (Lipinski definition) is 2. The zero-order valence-corrected chi connectivity index (χ0v) is 15.0. The van der Waals surface area contributed by atoms with E-state index in [1.165, 1.54) is 0 Å². The molecule has 1 aliphatic heterocycles. The Kier molecular flexibility index (Phi) is 6.46. The average molecular weight is 351 g/mol. The lowest BCUT2D eigenvalue weighted by molar-refractivity contribution is -0.117. The summed E-state index contributed by atoms with van der Waals surface area (Å²) >= 11 is 0. The van der Waals surface area contributed by atoms with Crippen molar-refractivity contribution in [3.8, 4) is 11.5 Å². The normalized spacial score (nSPS) is 18.0. The van der Waals surface area contributed by atoms with Crippen LogP contribution in [-0.4, -0.2) is 58.5 Å². The number of rotatable bonds is 7. The maximum atomic E-state index is 12.3. The number of anilines is 1. The first-order chi connectivity index (χ1) is 12.0. The van der Waals surface area contributed by atoms with Gasteiger partial charge in [-0.3, -0.25) is 4.79 Å². The van der Waals surface area contributed by atoms with E-state index in [9.17, 15) is 9.59 Å². The molecule has 0 radical (unpaired) electrons. The first-order valence-corrected chi connectivity index (χ1v) is 8.06. The molecule has 1 aliphatic rings. The topological polar surface area (TPSA) is 89.1 Å². The highest BCUT2D eigenvalue weighted by molar-refractivity contribution is 5.97. The molecule has 1 fully saturated rings. The summed E-state index contributed by atoms with van der Waals surface area (Å²) < 4.78 is 15.5. The fourth-order valence-electron chi connectivity index (χ4n) is 2.79. The summed E-state index contributed by atoms with van der Waals surface area (Å²) in [5.41, 5.74) is 0.708. The van der Waals surface area contributed by atoms with Crippen molar-refractivity contribution in [3.63, 3.8) is 0 Å². The van der Waals surface area contributed by atoms with Gasteiger partial charge >= 0.3 is 6.03 Å². The van der Waals surface area contributed by atoms with Gasteiger partial charge in [0.1, 0.15) is 0 Å². The van der Waals surface area contributed by atoms with E-state index in [1.54, 1.807) is 44.4 Å². The number of hydrogen-bond acceptors (Lipinski definition) is 5. The van der Waals surface area contributed by atoms with Crippen LogP contribution in [0.3, 0.4) is 0 Å². The Morgan fingerprint density at radius 2 is 2.00 bits per heavy atom. The minimum Gasteiger partial charge on any atom is -0.493 e. The van der Waals surface area contributed by atoms with E-state index in [2.05, 4.69) is 10.6 Å². The van der Waals surface area contributed by atoms with Gasteiger partial charge in [0.15, 0.2) is 11.5 Å². The lowest BCUT2D eigenvalue weighted by Gasteiger charge is -2.19. The summed E-state index contributed by atoms with van der Waals surface area (Å²) in [7, 11) is 4.68. The van der Waals surface area contributed by atoms with Gasteiger partial charge in [-0.25, -0.2) is 4.79 Å². The number of urea groups is 1.